The first-order chi connectivity index (χ1) is 8.83. The van der Waals surface area contributed by atoms with Crippen molar-refractivity contribution in [2.75, 3.05) is 13.1 Å². The summed E-state index contributed by atoms with van der Waals surface area (Å²) >= 11 is 0. The van der Waals surface area contributed by atoms with Gasteiger partial charge in [0.05, 0.1) is 11.9 Å². The summed E-state index contributed by atoms with van der Waals surface area (Å²) in [5.41, 5.74) is 0.662. The smallest absolute Gasteiger partial charge is 0.244 e. The Balaban J connectivity index is 2.04. The highest BCUT2D eigenvalue weighted by Gasteiger charge is 2.33. The molecule has 2 heterocycles. The number of hydrogen-bond acceptors (Lipinski definition) is 4. The van der Waals surface area contributed by atoms with Gasteiger partial charge in [0.1, 0.15) is 4.90 Å². The fourth-order valence-corrected chi connectivity index (χ4v) is 3.68. The van der Waals surface area contributed by atoms with Crippen molar-refractivity contribution in [2.24, 2.45) is 5.41 Å². The van der Waals surface area contributed by atoms with Crippen molar-refractivity contribution in [3.8, 4) is 0 Å². The molecular weight excluding hydrogens is 264 g/mol. The molecule has 108 valence electrons. The van der Waals surface area contributed by atoms with Gasteiger partial charge in [-0.05, 0) is 31.7 Å². The number of nitrogens with one attached hydrogen (secondary N) is 3. The average molecular weight is 286 g/mol. The molecule has 0 spiro atoms. The van der Waals surface area contributed by atoms with Crippen LogP contribution in [0.5, 0.6) is 0 Å². The lowest BCUT2D eigenvalue weighted by Gasteiger charge is -2.39. The fraction of sp³-hybridized carbons (Fsp3) is 0.750. The fourth-order valence-electron chi connectivity index (χ4n) is 2.50. The molecule has 0 amide bonds. The second-order valence-electron chi connectivity index (χ2n) is 5.81. The van der Waals surface area contributed by atoms with Crippen LogP contribution in [0.25, 0.3) is 0 Å². The van der Waals surface area contributed by atoms with Gasteiger partial charge in [-0.3, -0.25) is 5.10 Å². The van der Waals surface area contributed by atoms with Crippen molar-refractivity contribution >= 4 is 10.0 Å². The summed E-state index contributed by atoms with van der Waals surface area (Å²) in [6, 6.07) is 0.156. The Morgan fingerprint density at radius 2 is 2.26 bits per heavy atom. The van der Waals surface area contributed by atoms with Crippen molar-refractivity contribution in [3.63, 3.8) is 0 Å². The molecule has 0 saturated carbocycles. The first-order valence-electron chi connectivity index (χ1n) is 6.56. The topological polar surface area (TPSA) is 86.9 Å². The molecule has 2 rings (SSSR count). The molecule has 3 N–H and O–H groups in total. The average Bonchev–Trinajstić information content (AvgIpc) is 2.74. The Labute approximate surface area is 114 Å². The van der Waals surface area contributed by atoms with Crippen LogP contribution >= 0.6 is 0 Å². The number of rotatable bonds is 4. The van der Waals surface area contributed by atoms with Crippen LogP contribution in [0.1, 0.15) is 32.4 Å². The molecule has 0 aromatic carbocycles. The van der Waals surface area contributed by atoms with Gasteiger partial charge in [-0.15, -0.1) is 0 Å². The van der Waals surface area contributed by atoms with E-state index >= 15 is 0 Å². The zero-order valence-corrected chi connectivity index (χ0v) is 12.5. The number of aromatic amines is 1. The quantitative estimate of drug-likeness (QED) is 0.763. The standard InChI is InChI=1S/C12H22N4O2S/c1-9-10(7-14-16-9)19(17,18)15-8-11-12(2,3)5-4-6-13-11/h7,11,13,15H,4-6,8H2,1-3H3,(H,14,16). The lowest BCUT2D eigenvalue weighted by atomic mass is 9.78. The largest absolute Gasteiger partial charge is 0.312 e. The van der Waals surface area contributed by atoms with Crippen LogP contribution in [0.4, 0.5) is 0 Å². The molecular formula is C12H22N4O2S. The lowest BCUT2D eigenvalue weighted by Crippen LogP contribution is -2.52. The van der Waals surface area contributed by atoms with Crippen LogP contribution in [0.2, 0.25) is 0 Å². The summed E-state index contributed by atoms with van der Waals surface area (Å²) in [5.74, 6) is 0. The highest BCUT2D eigenvalue weighted by molar-refractivity contribution is 7.89. The van der Waals surface area contributed by atoms with E-state index in [2.05, 4.69) is 34.1 Å². The Bertz CT molecular complexity index is 536. The highest BCUT2D eigenvalue weighted by atomic mass is 32.2. The maximum atomic E-state index is 12.2. The van der Waals surface area contributed by atoms with E-state index in [-0.39, 0.29) is 16.4 Å². The maximum absolute atomic E-state index is 12.2. The number of sulfonamides is 1. The van der Waals surface area contributed by atoms with Gasteiger partial charge >= 0.3 is 0 Å². The van der Waals surface area contributed by atoms with E-state index in [9.17, 15) is 8.42 Å². The van der Waals surface area contributed by atoms with Crippen molar-refractivity contribution in [3.05, 3.63) is 11.9 Å². The van der Waals surface area contributed by atoms with E-state index < -0.39 is 10.0 Å². The van der Waals surface area contributed by atoms with Gasteiger partial charge in [-0.2, -0.15) is 5.10 Å². The predicted octanol–water partition coefficient (Wildman–Crippen LogP) is 0.775. The third kappa shape index (κ3) is 3.16. The molecule has 7 heteroatoms. The van der Waals surface area contributed by atoms with Crippen molar-refractivity contribution < 1.29 is 8.42 Å². The number of piperidine rings is 1. The first kappa shape index (κ1) is 14.5. The Morgan fingerprint density at radius 1 is 1.53 bits per heavy atom. The van der Waals surface area contributed by atoms with E-state index in [0.29, 0.717) is 12.2 Å². The highest BCUT2D eigenvalue weighted by Crippen LogP contribution is 2.29. The molecule has 1 aromatic heterocycles. The van der Waals surface area contributed by atoms with Crippen LogP contribution in [-0.4, -0.2) is 37.7 Å². The minimum atomic E-state index is -3.48. The number of nitrogens with zero attached hydrogens (tertiary/aromatic N) is 1. The van der Waals surface area contributed by atoms with E-state index in [1.807, 2.05) is 0 Å². The summed E-state index contributed by atoms with van der Waals surface area (Å²) in [4.78, 5) is 0.223. The lowest BCUT2D eigenvalue weighted by molar-refractivity contribution is 0.181. The second-order valence-corrected chi connectivity index (χ2v) is 7.55. The number of H-pyrrole nitrogens is 1. The van der Waals surface area contributed by atoms with Crippen LogP contribution < -0.4 is 10.0 Å². The normalized spacial score (nSPS) is 23.4. The molecule has 1 atom stereocenters. The summed E-state index contributed by atoms with van der Waals surface area (Å²) in [6.07, 6.45) is 3.59. The van der Waals surface area contributed by atoms with E-state index in [0.717, 1.165) is 19.4 Å². The molecule has 0 aliphatic carbocycles. The molecule has 6 nitrogen and oxygen atoms in total. The van der Waals surface area contributed by atoms with Crippen molar-refractivity contribution in [2.45, 2.75) is 44.6 Å². The van der Waals surface area contributed by atoms with Gasteiger partial charge in [0, 0.05) is 12.6 Å². The SMILES string of the molecule is Cc1[nH]ncc1S(=O)(=O)NCC1NCCCC1(C)C. The molecule has 1 unspecified atom stereocenters. The van der Waals surface area contributed by atoms with Crippen LogP contribution in [-0.2, 0) is 10.0 Å². The molecule has 1 aliphatic heterocycles. The predicted molar refractivity (Wildman–Crippen MR) is 73.3 cm³/mol. The third-order valence-electron chi connectivity index (χ3n) is 3.88. The van der Waals surface area contributed by atoms with Crippen LogP contribution in [0.3, 0.4) is 0 Å². The second kappa shape index (κ2) is 5.22. The Morgan fingerprint density at radius 3 is 2.84 bits per heavy atom. The van der Waals surface area contributed by atoms with Gasteiger partial charge < -0.3 is 5.32 Å². The third-order valence-corrected chi connectivity index (χ3v) is 5.42. The molecule has 1 aromatic rings. The molecule has 1 aliphatic rings. The maximum Gasteiger partial charge on any atom is 0.244 e. The van der Waals surface area contributed by atoms with Gasteiger partial charge in [0.15, 0.2) is 0 Å². The minimum Gasteiger partial charge on any atom is -0.312 e. The van der Waals surface area contributed by atoms with Gasteiger partial charge in [0.2, 0.25) is 10.0 Å². The molecule has 0 bridgehead atoms. The Hall–Kier alpha value is -0.920. The van der Waals surface area contributed by atoms with Gasteiger partial charge in [-0.25, -0.2) is 13.1 Å². The number of hydrogen-bond donors (Lipinski definition) is 3. The van der Waals surface area contributed by atoms with Crippen LogP contribution in [0.15, 0.2) is 11.1 Å². The zero-order valence-electron chi connectivity index (χ0n) is 11.7. The molecule has 1 fully saturated rings. The van der Waals surface area contributed by atoms with Gasteiger partial charge in [0.25, 0.3) is 0 Å². The molecule has 19 heavy (non-hydrogen) atoms. The van der Waals surface area contributed by atoms with Gasteiger partial charge in [-0.1, -0.05) is 13.8 Å². The van der Waals surface area contributed by atoms with Crippen molar-refractivity contribution in [1.29, 1.82) is 0 Å². The number of aryl methyl sites for hydroxylation is 1. The first-order valence-corrected chi connectivity index (χ1v) is 8.04. The molecule has 1 saturated heterocycles. The van der Waals surface area contributed by atoms with Crippen LogP contribution in [0, 0.1) is 12.3 Å². The minimum absolute atomic E-state index is 0.103. The zero-order chi connectivity index (χ0) is 14.1. The summed E-state index contributed by atoms with van der Waals surface area (Å²) in [5, 5.41) is 9.79. The molecule has 0 radical (unpaired) electrons. The summed E-state index contributed by atoms with van der Waals surface area (Å²) in [7, 11) is -3.48. The van der Waals surface area contributed by atoms with E-state index in [1.54, 1.807) is 6.92 Å². The summed E-state index contributed by atoms with van der Waals surface area (Å²) < 4.78 is 27.0. The van der Waals surface area contributed by atoms with E-state index in [1.165, 1.54) is 6.20 Å². The summed E-state index contributed by atoms with van der Waals surface area (Å²) in [6.45, 7) is 7.38. The van der Waals surface area contributed by atoms with E-state index in [4.69, 9.17) is 0 Å². The van der Waals surface area contributed by atoms with Crippen molar-refractivity contribution in [1.82, 2.24) is 20.2 Å². The monoisotopic (exact) mass is 286 g/mol. The number of aromatic nitrogens is 2. The Kier molecular flexibility index (Phi) is 3.98.